The Kier molecular flexibility index (Phi) is 4.83. The van der Waals surface area contributed by atoms with Crippen molar-refractivity contribution in [3.05, 3.63) is 63.7 Å². The maximum absolute atomic E-state index is 11.6. The number of benzene rings is 2. The first-order valence-corrected chi connectivity index (χ1v) is 9.67. The predicted molar refractivity (Wildman–Crippen MR) is 111 cm³/mol. The maximum atomic E-state index is 11.6. The highest BCUT2D eigenvalue weighted by atomic mass is 16.5. The highest BCUT2D eigenvalue weighted by molar-refractivity contribution is 5.89. The van der Waals surface area contributed by atoms with Gasteiger partial charge in [0.25, 0.3) is 0 Å². The lowest BCUT2D eigenvalue weighted by atomic mass is 9.62. The van der Waals surface area contributed by atoms with Crippen LogP contribution < -0.4 is 5.73 Å². The Morgan fingerprint density at radius 2 is 1.67 bits per heavy atom. The number of fused-ring (bicyclic) bond motifs is 1. The van der Waals surface area contributed by atoms with Crippen LogP contribution in [0.25, 0.3) is 0 Å². The molecule has 3 nitrogen and oxygen atoms in total. The minimum Gasteiger partial charge on any atom is -0.465 e. The molecule has 144 valence electrons. The first-order chi connectivity index (χ1) is 12.6. The summed E-state index contributed by atoms with van der Waals surface area (Å²) in [7, 11) is 1.40. The number of carbonyl (C=O) groups excluding carboxylic acids is 1. The Bertz CT molecular complexity index is 876. The molecule has 0 fully saturated rings. The standard InChI is InChI=1S/C24H31NO2/c1-15-18(13-16-7-9-17(10-8-16)22(26)27-6)14-19-20(21(15)25)24(4,5)12-11-23(19,2)3/h7-10,14H,11-13,25H2,1-6H3. The fourth-order valence-corrected chi connectivity index (χ4v) is 4.29. The molecule has 0 amide bonds. The van der Waals surface area contributed by atoms with Crippen LogP contribution in [0.5, 0.6) is 0 Å². The van der Waals surface area contributed by atoms with Crippen molar-refractivity contribution in [2.24, 2.45) is 0 Å². The number of methoxy groups -OCH3 is 1. The first kappa shape index (κ1) is 19.5. The Labute approximate surface area is 162 Å². The number of nitrogens with two attached hydrogens (primary N) is 1. The van der Waals surface area contributed by atoms with Crippen molar-refractivity contribution < 1.29 is 9.53 Å². The van der Waals surface area contributed by atoms with Gasteiger partial charge in [-0.1, -0.05) is 45.9 Å². The van der Waals surface area contributed by atoms with Crippen molar-refractivity contribution in [3.8, 4) is 0 Å². The summed E-state index contributed by atoms with van der Waals surface area (Å²) in [5, 5.41) is 0. The van der Waals surface area contributed by atoms with Gasteiger partial charge in [-0.25, -0.2) is 4.79 Å². The normalized spacial score (nSPS) is 17.3. The van der Waals surface area contributed by atoms with Crippen molar-refractivity contribution in [2.45, 2.75) is 64.7 Å². The fourth-order valence-electron chi connectivity index (χ4n) is 4.29. The summed E-state index contributed by atoms with van der Waals surface area (Å²) in [6.45, 7) is 11.4. The maximum Gasteiger partial charge on any atom is 0.337 e. The summed E-state index contributed by atoms with van der Waals surface area (Å²) < 4.78 is 4.78. The second-order valence-corrected chi connectivity index (χ2v) is 9.13. The van der Waals surface area contributed by atoms with Crippen LogP contribution in [0.2, 0.25) is 0 Å². The minimum atomic E-state index is -0.306. The number of carbonyl (C=O) groups is 1. The highest BCUT2D eigenvalue weighted by Gasteiger charge is 2.39. The van der Waals surface area contributed by atoms with Gasteiger partial charge in [0.05, 0.1) is 12.7 Å². The third-order valence-electron chi connectivity index (χ3n) is 6.29. The van der Waals surface area contributed by atoms with Crippen LogP contribution in [-0.2, 0) is 22.0 Å². The third-order valence-corrected chi connectivity index (χ3v) is 6.29. The van der Waals surface area contributed by atoms with Gasteiger partial charge in [0, 0.05) is 5.69 Å². The number of ether oxygens (including phenoxy) is 1. The molecule has 0 saturated heterocycles. The molecule has 1 aliphatic rings. The first-order valence-electron chi connectivity index (χ1n) is 9.67. The number of nitrogen functional groups attached to an aromatic ring is 1. The van der Waals surface area contributed by atoms with Gasteiger partial charge in [-0.3, -0.25) is 0 Å². The quantitative estimate of drug-likeness (QED) is 0.593. The third kappa shape index (κ3) is 3.47. The number of rotatable bonds is 3. The Morgan fingerprint density at radius 3 is 2.26 bits per heavy atom. The molecule has 3 heteroatoms. The average Bonchev–Trinajstić information content (AvgIpc) is 2.62. The zero-order valence-electron chi connectivity index (χ0n) is 17.4. The van der Waals surface area contributed by atoms with E-state index in [4.69, 9.17) is 10.5 Å². The van der Waals surface area contributed by atoms with Crippen LogP contribution in [0.3, 0.4) is 0 Å². The monoisotopic (exact) mass is 365 g/mol. The molecule has 0 aromatic heterocycles. The number of anilines is 1. The zero-order valence-corrected chi connectivity index (χ0v) is 17.4. The van der Waals surface area contributed by atoms with E-state index in [0.29, 0.717) is 5.56 Å². The van der Waals surface area contributed by atoms with Crippen LogP contribution in [0.15, 0.2) is 30.3 Å². The number of esters is 1. The molecule has 0 atom stereocenters. The molecule has 0 radical (unpaired) electrons. The molecule has 2 aromatic carbocycles. The van der Waals surface area contributed by atoms with Crippen LogP contribution in [-0.4, -0.2) is 13.1 Å². The highest BCUT2D eigenvalue weighted by Crippen LogP contribution is 2.49. The molecule has 0 unspecified atom stereocenters. The van der Waals surface area contributed by atoms with Crippen LogP contribution in [0.4, 0.5) is 5.69 Å². The molecule has 27 heavy (non-hydrogen) atoms. The van der Waals surface area contributed by atoms with Gasteiger partial charge < -0.3 is 10.5 Å². The van der Waals surface area contributed by atoms with E-state index in [1.54, 1.807) is 0 Å². The second kappa shape index (κ2) is 6.70. The van der Waals surface area contributed by atoms with Gasteiger partial charge in [0.2, 0.25) is 0 Å². The van der Waals surface area contributed by atoms with Gasteiger partial charge in [-0.15, -0.1) is 0 Å². The smallest absolute Gasteiger partial charge is 0.337 e. The van der Waals surface area contributed by atoms with Crippen molar-refractivity contribution in [3.63, 3.8) is 0 Å². The molecule has 0 heterocycles. The van der Waals surface area contributed by atoms with Gasteiger partial charge in [-0.2, -0.15) is 0 Å². The largest absolute Gasteiger partial charge is 0.465 e. The summed E-state index contributed by atoms with van der Waals surface area (Å²) >= 11 is 0. The molecule has 2 N–H and O–H groups in total. The molecule has 0 bridgehead atoms. The van der Waals surface area contributed by atoms with E-state index >= 15 is 0 Å². The summed E-state index contributed by atoms with van der Waals surface area (Å²) in [6, 6.07) is 10.0. The Morgan fingerprint density at radius 1 is 1.07 bits per heavy atom. The van der Waals surface area contributed by atoms with E-state index in [2.05, 4.69) is 40.7 Å². The molecule has 0 saturated carbocycles. The summed E-state index contributed by atoms with van der Waals surface area (Å²) in [5.41, 5.74) is 14.8. The molecule has 3 rings (SSSR count). The van der Waals surface area contributed by atoms with Gasteiger partial charge in [0.1, 0.15) is 0 Å². The van der Waals surface area contributed by atoms with Gasteiger partial charge in [0.15, 0.2) is 0 Å². The average molecular weight is 366 g/mol. The van der Waals surface area contributed by atoms with E-state index in [9.17, 15) is 4.79 Å². The zero-order chi connectivity index (χ0) is 20.0. The molecular formula is C24H31NO2. The lowest BCUT2D eigenvalue weighted by Crippen LogP contribution is -2.35. The van der Waals surface area contributed by atoms with Crippen LogP contribution >= 0.6 is 0 Å². The topological polar surface area (TPSA) is 52.3 Å². The molecule has 2 aromatic rings. The summed E-state index contributed by atoms with van der Waals surface area (Å²) in [4.78, 5) is 11.6. The molecule has 1 aliphatic carbocycles. The lowest BCUT2D eigenvalue weighted by Gasteiger charge is -2.43. The molecule has 0 aliphatic heterocycles. The number of hydrogen-bond donors (Lipinski definition) is 1. The van der Waals surface area contributed by atoms with E-state index in [0.717, 1.165) is 24.1 Å². The van der Waals surface area contributed by atoms with Crippen LogP contribution in [0, 0.1) is 6.92 Å². The number of hydrogen-bond acceptors (Lipinski definition) is 3. The SMILES string of the molecule is COC(=O)c1ccc(Cc2cc3c(c(N)c2C)C(C)(C)CCC3(C)C)cc1. The lowest BCUT2D eigenvalue weighted by molar-refractivity contribution is 0.0600. The van der Waals surface area contributed by atoms with E-state index in [1.165, 1.54) is 35.8 Å². The van der Waals surface area contributed by atoms with Gasteiger partial charge in [-0.05, 0) is 77.0 Å². The van der Waals surface area contributed by atoms with Crippen molar-refractivity contribution >= 4 is 11.7 Å². The van der Waals surface area contributed by atoms with Gasteiger partial charge >= 0.3 is 5.97 Å². The van der Waals surface area contributed by atoms with Crippen LogP contribution in [0.1, 0.15) is 78.7 Å². The van der Waals surface area contributed by atoms with Crippen molar-refractivity contribution in [1.29, 1.82) is 0 Å². The molecular weight excluding hydrogens is 334 g/mol. The fraction of sp³-hybridized carbons (Fsp3) is 0.458. The Hall–Kier alpha value is -2.29. The van der Waals surface area contributed by atoms with Crippen molar-refractivity contribution in [2.75, 3.05) is 12.8 Å². The van der Waals surface area contributed by atoms with Crippen molar-refractivity contribution in [1.82, 2.24) is 0 Å². The van der Waals surface area contributed by atoms with E-state index in [1.807, 2.05) is 24.3 Å². The summed E-state index contributed by atoms with van der Waals surface area (Å²) in [5.74, 6) is -0.306. The summed E-state index contributed by atoms with van der Waals surface area (Å²) in [6.07, 6.45) is 3.13. The Balaban J connectivity index is 2.03. The second-order valence-electron chi connectivity index (χ2n) is 9.13. The van der Waals surface area contributed by atoms with E-state index in [-0.39, 0.29) is 16.8 Å². The predicted octanol–water partition coefficient (Wildman–Crippen LogP) is 5.30. The molecule has 0 spiro atoms. The van der Waals surface area contributed by atoms with E-state index < -0.39 is 0 Å². The minimum absolute atomic E-state index is 0.111.